The van der Waals surface area contributed by atoms with E-state index in [4.69, 9.17) is 23.3 Å². The zero-order chi connectivity index (χ0) is 81.3. The highest BCUT2D eigenvalue weighted by molar-refractivity contribution is 6.32. The van der Waals surface area contributed by atoms with Crippen LogP contribution in [0, 0.1) is 0 Å². The molecule has 0 N–H and O–H groups in total. The summed E-state index contributed by atoms with van der Waals surface area (Å²) < 4.78 is 349. The quantitative estimate of drug-likeness (QED) is 0.151. The smallest absolute Gasteiger partial charge is 0.0653 e. The molecule has 4 heteroatoms. The average Bonchev–Trinajstić information content (AvgIpc) is 1.62. The van der Waals surface area contributed by atoms with Crippen molar-refractivity contribution in [2.24, 2.45) is 0 Å². The van der Waals surface area contributed by atoms with E-state index in [0.717, 1.165) is 32.4 Å². The first-order chi connectivity index (χ1) is 49.9. The van der Waals surface area contributed by atoms with Gasteiger partial charge in [-0.1, -0.05) is 154 Å². The lowest BCUT2D eigenvalue weighted by molar-refractivity contribution is 0.591. The van der Waals surface area contributed by atoms with Crippen molar-refractivity contribution in [3.8, 4) is 0 Å². The van der Waals surface area contributed by atoms with E-state index in [1.165, 1.54) is 54.6 Å². The van der Waals surface area contributed by atoms with Crippen molar-refractivity contribution in [3.63, 3.8) is 0 Å². The number of anilines is 6. The van der Waals surface area contributed by atoms with E-state index in [2.05, 4.69) is 0 Å². The number of rotatable bonds is 8. The van der Waals surface area contributed by atoms with Crippen molar-refractivity contribution < 1.29 is 50.7 Å². The maximum absolute atomic E-state index is 10.8. The van der Waals surface area contributed by atoms with Gasteiger partial charge < -0.3 is 18.6 Å². The number of hydrogen-bond acceptors (Lipinski definition) is 2. The van der Waals surface area contributed by atoms with Crippen LogP contribution < -0.4 is 9.80 Å². The fourth-order valence-electron chi connectivity index (χ4n) is 9.59. The Morgan fingerprint density at radius 2 is 0.847 bits per heavy atom. The SMILES string of the molecule is [2H]c1c([2H])c(C([2H])(C)C([2H])([2H])[2H])c([2H])c([2H])c1N(c1ccccc1)c1c([2H])c([2H])c2c3c([2H])c4c(c([2H])c3n3c5c([2H])c([2H])c(C(C)(C)C)c([2H])c5c1c23)c1c([2H])c([2H])c(N(c2ccccc2)c2c([2H])c([2H])c(C([2H])(C)C([2H])([2H])[2H])c([2H])c2[2H])c2c3c([2H])c(C(C([2H])([2H])[2H])(C([2H])([2H])[2H])C([2H])([2H])[2H])c([2H])c([2H])c3n4c12. The van der Waals surface area contributed by atoms with Crippen molar-refractivity contribution in [1.29, 1.82) is 0 Å². The number of fused-ring (bicyclic) bond motifs is 12. The molecule has 0 fully saturated rings. The monoisotopic (exact) mass is 972 g/mol. The molecule has 4 heterocycles. The van der Waals surface area contributed by atoms with E-state index in [1.807, 2.05) is 0 Å². The number of para-hydroxylation sites is 2. The predicted octanol–water partition coefficient (Wildman–Crippen LogP) is 19.8. The standard InChI is InChI=1S/C68H62N4/c1-41(2)43-21-27-49(28-22-43)69(47-17-13-11-14-18-47)59-35-31-51-53-39-62-54(40-61(53)71-57-33-25-45(67(5,6)7)37-55(57)63(59)65(51)71)52-32-36-60(64-56-38-46(68(8,9)10)26-34-58(56)72(62)66(52)64)70(48-19-15-12-16-20-48)50-29-23-44(24-30-50)42(3)4/h11-42H,1-10H3/i1D3,3D3,5D3,6D3,7D3,21D,22D,23D,24D,25D,26D,27D,28D,29D,30D,31D,32D,33D,34D,35D,36D,37D,38D,39D,40D,41D,42D. The van der Waals surface area contributed by atoms with Gasteiger partial charge in [-0.3, -0.25) is 0 Å². The molecule has 13 aromatic rings. The van der Waals surface area contributed by atoms with Gasteiger partial charge in [0.05, 0.1) is 71.9 Å². The maximum Gasteiger partial charge on any atom is 0.0653 e. The molecule has 0 aliphatic carbocycles. The van der Waals surface area contributed by atoms with Crippen LogP contribution in [0.5, 0.6) is 0 Å². The third-order valence-corrected chi connectivity index (χ3v) is 12.9. The maximum atomic E-state index is 10.8. The summed E-state index contributed by atoms with van der Waals surface area (Å²) in [6.07, 6.45) is 0. The molecule has 0 aliphatic heterocycles. The highest BCUT2D eigenvalue weighted by Crippen LogP contribution is 2.52. The highest BCUT2D eigenvalue weighted by Gasteiger charge is 2.29. The summed E-state index contributed by atoms with van der Waals surface area (Å²) in [5.41, 5.74) is -15.3. The zero-order valence-corrected chi connectivity index (χ0v) is 39.1. The molecule has 13 rings (SSSR count). The molecule has 72 heavy (non-hydrogen) atoms. The average molecular weight is 972 g/mol. The normalized spacial score (nSPS) is 22.7. The van der Waals surface area contributed by atoms with Gasteiger partial charge in [0.2, 0.25) is 0 Å². The Bertz CT molecular complexity index is 6040. The number of nitrogens with zero attached hydrogens (tertiary/aromatic N) is 4. The van der Waals surface area contributed by atoms with E-state index in [9.17, 15) is 27.4 Å². The Morgan fingerprint density at radius 3 is 1.24 bits per heavy atom. The van der Waals surface area contributed by atoms with Crippen LogP contribution in [-0.4, -0.2) is 8.80 Å². The number of hydrogen-bond donors (Lipinski definition) is 0. The first-order valence-corrected chi connectivity index (χ1v) is 22.8. The van der Waals surface area contributed by atoms with Gasteiger partial charge in [-0.25, -0.2) is 0 Å². The van der Waals surface area contributed by atoms with Gasteiger partial charge in [0.1, 0.15) is 0 Å². The lowest BCUT2D eigenvalue weighted by Crippen LogP contribution is -2.11. The van der Waals surface area contributed by atoms with Gasteiger partial charge >= 0.3 is 0 Å². The van der Waals surface area contributed by atoms with Gasteiger partial charge in [-0.15, -0.1) is 0 Å². The molecule has 0 spiro atoms. The van der Waals surface area contributed by atoms with E-state index in [-0.39, 0.29) is 33.2 Å². The Hall–Kier alpha value is -7.82. The molecule has 0 bridgehead atoms. The molecule has 0 saturated heterocycles. The van der Waals surface area contributed by atoms with E-state index < -0.39 is 277 Å². The molecule has 4 aromatic heterocycles. The zero-order valence-electron chi connectivity index (χ0n) is 76.1. The van der Waals surface area contributed by atoms with Crippen LogP contribution in [0.1, 0.15) is 154 Å². The van der Waals surface area contributed by atoms with Crippen LogP contribution in [0.25, 0.3) is 76.2 Å². The van der Waals surface area contributed by atoms with Crippen LogP contribution in [-0.2, 0) is 10.8 Å². The first-order valence-electron chi connectivity index (χ1n) is 41.3. The molecule has 0 amide bonds. The molecule has 2 atom stereocenters. The van der Waals surface area contributed by atoms with Crippen LogP contribution in [0.4, 0.5) is 34.1 Å². The molecule has 0 saturated carbocycles. The minimum absolute atomic E-state index is 0.0584. The second-order valence-electron chi connectivity index (χ2n) is 18.7. The van der Waals surface area contributed by atoms with Crippen molar-refractivity contribution in [2.45, 2.75) is 91.5 Å². The van der Waals surface area contributed by atoms with Crippen LogP contribution in [0.2, 0.25) is 0 Å². The fraction of sp³-hybridized carbons (Fsp3) is 0.206. The minimum Gasteiger partial charge on any atom is -0.310 e. The van der Waals surface area contributed by atoms with Gasteiger partial charge in [-0.2, -0.15) is 0 Å². The van der Waals surface area contributed by atoms with Gasteiger partial charge in [-0.05, 0) is 142 Å². The topological polar surface area (TPSA) is 15.3 Å². The Kier molecular flexibility index (Phi) is 4.40. The first kappa shape index (κ1) is 20.0. The van der Waals surface area contributed by atoms with Crippen molar-refractivity contribution in [2.75, 3.05) is 9.80 Å². The lowest BCUT2D eigenvalue weighted by atomic mass is 9.86. The molecule has 0 aliphatic rings. The second-order valence-corrected chi connectivity index (χ2v) is 18.7. The summed E-state index contributed by atoms with van der Waals surface area (Å²) in [5.74, 6) is -5.65. The van der Waals surface area contributed by atoms with Crippen LogP contribution >= 0.6 is 0 Å². The van der Waals surface area contributed by atoms with Gasteiger partial charge in [0.25, 0.3) is 0 Å². The molecular weight excluding hydrogens is 873 g/mol. The molecular formula is C68H62N4. The van der Waals surface area contributed by atoms with E-state index >= 15 is 0 Å². The van der Waals surface area contributed by atoms with Gasteiger partial charge in [0.15, 0.2) is 0 Å². The Labute approximate surface area is 475 Å². The third kappa shape index (κ3) is 6.57. The summed E-state index contributed by atoms with van der Waals surface area (Å²) in [7, 11) is 0. The Morgan fingerprint density at radius 1 is 0.431 bits per heavy atom. The molecule has 354 valence electrons. The third-order valence-electron chi connectivity index (χ3n) is 12.9. The second kappa shape index (κ2) is 15.8. The van der Waals surface area contributed by atoms with Crippen molar-refractivity contribution >= 4 is 110 Å². The van der Waals surface area contributed by atoms with E-state index in [1.54, 1.807) is 26.8 Å². The molecule has 4 nitrogen and oxygen atoms in total. The molecule has 2 unspecified atom stereocenters. The van der Waals surface area contributed by atoms with Crippen LogP contribution in [0.3, 0.4) is 0 Å². The summed E-state index contributed by atoms with van der Waals surface area (Å²) in [6.45, 7) is -12.7. The Balaban J connectivity index is 1.33. The summed E-state index contributed by atoms with van der Waals surface area (Å²) in [4.78, 5) is 1.89. The number of benzene rings is 9. The molecule has 9 aromatic carbocycles. The fourth-order valence-corrected chi connectivity index (χ4v) is 9.59. The predicted molar refractivity (Wildman–Crippen MR) is 311 cm³/mol. The minimum atomic E-state index is -4.27. The largest absolute Gasteiger partial charge is 0.310 e. The van der Waals surface area contributed by atoms with Gasteiger partial charge in [0, 0.05) is 89.1 Å². The highest BCUT2D eigenvalue weighted by atomic mass is 15.2. The van der Waals surface area contributed by atoms with Crippen LogP contribution in [0.15, 0.2) is 182 Å². The lowest BCUT2D eigenvalue weighted by Gasteiger charge is -2.27. The van der Waals surface area contributed by atoms with Crippen molar-refractivity contribution in [3.05, 3.63) is 204 Å². The number of aromatic nitrogens is 2. The summed E-state index contributed by atoms with van der Waals surface area (Å²) in [6, 6.07) is -5.61. The molecule has 0 radical (unpaired) electrons. The van der Waals surface area contributed by atoms with Crippen molar-refractivity contribution in [1.82, 2.24) is 8.80 Å². The summed E-state index contributed by atoms with van der Waals surface area (Å²) >= 11 is 0. The van der Waals surface area contributed by atoms with E-state index in [0.29, 0.717) is 0 Å². The summed E-state index contributed by atoms with van der Waals surface area (Å²) in [5, 5.41) is -4.36.